The fraction of sp³-hybridized carbons (Fsp3) is 0.929. The van der Waals surface area contributed by atoms with Crippen molar-refractivity contribution in [2.45, 2.75) is 82.2 Å². The second-order valence-corrected chi connectivity index (χ2v) is 5.88. The van der Waals surface area contributed by atoms with Crippen molar-refractivity contribution in [3.05, 3.63) is 0 Å². The van der Waals surface area contributed by atoms with Gasteiger partial charge in [0.25, 0.3) is 0 Å². The molecule has 2 aliphatic carbocycles. The Balaban J connectivity index is 1.86. The number of hydrogen-bond donors (Lipinski definition) is 2. The SMILES string of the molecule is NC1(C(=O)NC2CCCCCC2)CCCCC1. The third kappa shape index (κ3) is 3.44. The van der Waals surface area contributed by atoms with Gasteiger partial charge in [0.2, 0.25) is 5.91 Å². The van der Waals surface area contributed by atoms with Crippen LogP contribution in [0.3, 0.4) is 0 Å². The molecule has 0 aromatic heterocycles. The van der Waals surface area contributed by atoms with Gasteiger partial charge in [0.1, 0.15) is 0 Å². The molecule has 0 aromatic carbocycles. The molecule has 0 saturated heterocycles. The van der Waals surface area contributed by atoms with E-state index in [0.29, 0.717) is 6.04 Å². The number of carbonyl (C=O) groups is 1. The molecule has 98 valence electrons. The van der Waals surface area contributed by atoms with Gasteiger partial charge in [-0.1, -0.05) is 44.9 Å². The van der Waals surface area contributed by atoms with Gasteiger partial charge in [0.15, 0.2) is 0 Å². The van der Waals surface area contributed by atoms with E-state index in [0.717, 1.165) is 38.5 Å². The Labute approximate surface area is 105 Å². The van der Waals surface area contributed by atoms with Crippen molar-refractivity contribution < 1.29 is 4.79 Å². The minimum atomic E-state index is -0.565. The van der Waals surface area contributed by atoms with Crippen molar-refractivity contribution in [1.82, 2.24) is 5.32 Å². The molecule has 3 nitrogen and oxygen atoms in total. The van der Waals surface area contributed by atoms with Crippen LogP contribution >= 0.6 is 0 Å². The minimum Gasteiger partial charge on any atom is -0.352 e. The van der Waals surface area contributed by atoms with Crippen molar-refractivity contribution in [3.8, 4) is 0 Å². The Morgan fingerprint density at radius 3 is 2.06 bits per heavy atom. The predicted molar refractivity (Wildman–Crippen MR) is 69.6 cm³/mol. The van der Waals surface area contributed by atoms with Crippen molar-refractivity contribution in [1.29, 1.82) is 0 Å². The molecule has 0 heterocycles. The van der Waals surface area contributed by atoms with E-state index < -0.39 is 5.54 Å². The van der Waals surface area contributed by atoms with Crippen LogP contribution in [0, 0.1) is 0 Å². The molecule has 0 unspecified atom stereocenters. The van der Waals surface area contributed by atoms with Gasteiger partial charge in [0.05, 0.1) is 5.54 Å². The van der Waals surface area contributed by atoms with Crippen LogP contribution in [0.25, 0.3) is 0 Å². The Hall–Kier alpha value is -0.570. The van der Waals surface area contributed by atoms with Crippen molar-refractivity contribution in [3.63, 3.8) is 0 Å². The second-order valence-electron chi connectivity index (χ2n) is 5.88. The normalized spacial score (nSPS) is 26.2. The molecule has 0 bridgehead atoms. The first-order chi connectivity index (χ1) is 8.21. The first-order valence-electron chi connectivity index (χ1n) is 7.31. The molecule has 0 aliphatic heterocycles. The Bertz CT molecular complexity index is 251. The maximum Gasteiger partial charge on any atom is 0.240 e. The molecular weight excluding hydrogens is 212 g/mol. The summed E-state index contributed by atoms with van der Waals surface area (Å²) in [7, 11) is 0. The summed E-state index contributed by atoms with van der Waals surface area (Å²) in [4.78, 5) is 12.3. The monoisotopic (exact) mass is 238 g/mol. The fourth-order valence-electron chi connectivity index (χ4n) is 3.16. The van der Waals surface area contributed by atoms with Crippen molar-refractivity contribution in [2.75, 3.05) is 0 Å². The van der Waals surface area contributed by atoms with Gasteiger partial charge in [-0.15, -0.1) is 0 Å². The van der Waals surface area contributed by atoms with Gasteiger partial charge < -0.3 is 11.1 Å². The molecule has 17 heavy (non-hydrogen) atoms. The lowest BCUT2D eigenvalue weighted by Crippen LogP contribution is -2.57. The maximum absolute atomic E-state index is 12.3. The van der Waals surface area contributed by atoms with E-state index in [1.165, 1.54) is 32.1 Å². The third-order valence-corrected chi connectivity index (χ3v) is 4.39. The van der Waals surface area contributed by atoms with Crippen LogP contribution in [-0.2, 0) is 4.79 Å². The average molecular weight is 238 g/mol. The summed E-state index contributed by atoms with van der Waals surface area (Å²) in [5.74, 6) is 0.115. The van der Waals surface area contributed by atoms with E-state index in [1.807, 2.05) is 0 Å². The third-order valence-electron chi connectivity index (χ3n) is 4.39. The smallest absolute Gasteiger partial charge is 0.240 e. The summed E-state index contributed by atoms with van der Waals surface area (Å²) >= 11 is 0. The van der Waals surface area contributed by atoms with E-state index in [1.54, 1.807) is 0 Å². The maximum atomic E-state index is 12.3. The highest BCUT2D eigenvalue weighted by Gasteiger charge is 2.36. The average Bonchev–Trinajstić information content (AvgIpc) is 2.58. The Morgan fingerprint density at radius 2 is 1.47 bits per heavy atom. The summed E-state index contributed by atoms with van der Waals surface area (Å²) in [6.07, 6.45) is 12.6. The van der Waals surface area contributed by atoms with Crippen LogP contribution < -0.4 is 11.1 Å². The number of nitrogens with one attached hydrogen (secondary N) is 1. The van der Waals surface area contributed by atoms with Crippen LogP contribution in [0.4, 0.5) is 0 Å². The predicted octanol–water partition coefficient (Wildman–Crippen LogP) is 2.49. The molecular formula is C14H26N2O. The van der Waals surface area contributed by atoms with Crippen LogP contribution in [-0.4, -0.2) is 17.5 Å². The molecule has 2 rings (SSSR count). The number of hydrogen-bond acceptors (Lipinski definition) is 2. The first-order valence-corrected chi connectivity index (χ1v) is 7.31. The van der Waals surface area contributed by atoms with Crippen LogP contribution in [0.15, 0.2) is 0 Å². The Morgan fingerprint density at radius 1 is 0.941 bits per heavy atom. The molecule has 0 radical (unpaired) electrons. The molecule has 2 aliphatic rings. The van der Waals surface area contributed by atoms with Crippen molar-refractivity contribution >= 4 is 5.91 Å². The summed E-state index contributed by atoms with van der Waals surface area (Å²) in [5.41, 5.74) is 5.68. The lowest BCUT2D eigenvalue weighted by atomic mass is 9.81. The van der Waals surface area contributed by atoms with Gasteiger partial charge in [-0.3, -0.25) is 4.79 Å². The van der Waals surface area contributed by atoms with E-state index in [-0.39, 0.29) is 5.91 Å². The summed E-state index contributed by atoms with van der Waals surface area (Å²) in [5, 5.41) is 3.21. The summed E-state index contributed by atoms with van der Waals surface area (Å²) < 4.78 is 0. The second kappa shape index (κ2) is 5.85. The quantitative estimate of drug-likeness (QED) is 0.726. The van der Waals surface area contributed by atoms with Crippen LogP contribution in [0.1, 0.15) is 70.6 Å². The van der Waals surface area contributed by atoms with E-state index in [4.69, 9.17) is 5.73 Å². The van der Waals surface area contributed by atoms with Crippen LogP contribution in [0.5, 0.6) is 0 Å². The number of carbonyl (C=O) groups excluding carboxylic acids is 1. The molecule has 2 saturated carbocycles. The van der Waals surface area contributed by atoms with E-state index >= 15 is 0 Å². The van der Waals surface area contributed by atoms with Gasteiger partial charge in [0, 0.05) is 6.04 Å². The fourth-order valence-corrected chi connectivity index (χ4v) is 3.16. The van der Waals surface area contributed by atoms with E-state index in [9.17, 15) is 4.79 Å². The zero-order chi connectivity index (χ0) is 12.1. The van der Waals surface area contributed by atoms with Crippen molar-refractivity contribution in [2.24, 2.45) is 5.73 Å². The molecule has 3 heteroatoms. The zero-order valence-electron chi connectivity index (χ0n) is 10.8. The first kappa shape index (κ1) is 12.9. The van der Waals surface area contributed by atoms with Gasteiger partial charge in [-0.05, 0) is 25.7 Å². The largest absolute Gasteiger partial charge is 0.352 e. The highest BCUT2D eigenvalue weighted by molar-refractivity contribution is 5.86. The summed E-state index contributed by atoms with van der Waals surface area (Å²) in [6.45, 7) is 0. The minimum absolute atomic E-state index is 0.115. The van der Waals surface area contributed by atoms with Gasteiger partial charge in [-0.2, -0.15) is 0 Å². The lowest BCUT2D eigenvalue weighted by molar-refractivity contribution is -0.128. The zero-order valence-corrected chi connectivity index (χ0v) is 10.8. The number of rotatable bonds is 2. The molecule has 2 fully saturated rings. The number of amides is 1. The highest BCUT2D eigenvalue weighted by Crippen LogP contribution is 2.27. The molecule has 0 spiro atoms. The molecule has 1 amide bonds. The lowest BCUT2D eigenvalue weighted by Gasteiger charge is -2.33. The van der Waals surface area contributed by atoms with E-state index in [2.05, 4.69) is 5.32 Å². The molecule has 0 aromatic rings. The summed E-state index contributed by atoms with van der Waals surface area (Å²) in [6, 6.07) is 0.382. The highest BCUT2D eigenvalue weighted by atomic mass is 16.2. The molecule has 0 atom stereocenters. The Kier molecular flexibility index (Phi) is 4.43. The standard InChI is InChI=1S/C14H26N2O/c15-14(10-6-3-7-11-14)13(17)16-12-8-4-1-2-5-9-12/h12H,1-11,15H2,(H,16,17). The van der Waals surface area contributed by atoms with Gasteiger partial charge in [-0.25, -0.2) is 0 Å². The number of nitrogens with two attached hydrogens (primary N) is 1. The topological polar surface area (TPSA) is 55.1 Å². The van der Waals surface area contributed by atoms with Gasteiger partial charge >= 0.3 is 0 Å². The molecule has 3 N–H and O–H groups in total. The van der Waals surface area contributed by atoms with Crippen LogP contribution in [0.2, 0.25) is 0 Å².